The Kier molecular flexibility index (Phi) is 5.13. The van der Waals surface area contributed by atoms with Crippen LogP contribution in [0.1, 0.15) is 18.5 Å². The van der Waals surface area contributed by atoms with Crippen molar-refractivity contribution < 1.29 is 4.79 Å². The lowest BCUT2D eigenvalue weighted by Crippen LogP contribution is -2.44. The van der Waals surface area contributed by atoms with Crippen LogP contribution in [0.5, 0.6) is 0 Å². The molecule has 23 heavy (non-hydrogen) atoms. The van der Waals surface area contributed by atoms with Gasteiger partial charge in [0.2, 0.25) is 11.9 Å². The highest BCUT2D eigenvalue weighted by atomic mass is 16.1. The van der Waals surface area contributed by atoms with Crippen molar-refractivity contribution in [2.75, 3.05) is 24.5 Å². The molecule has 2 aromatic heterocycles. The van der Waals surface area contributed by atoms with Crippen LogP contribution in [0.25, 0.3) is 0 Å². The fraction of sp³-hybridized carbons (Fsp3) is 0.412. The Labute approximate surface area is 136 Å². The first-order valence-corrected chi connectivity index (χ1v) is 8.02. The number of carbonyl (C=O) groups excluding carboxylic acids is 1. The molecule has 3 rings (SSSR count). The standard InChI is InChI=1S/C17H21N5O/c23-16(19-11-7-15-6-1-2-8-18-15)14-5-3-12-22(13-14)17-20-9-4-10-21-17/h1-2,4,6,8-10,14H,3,5,7,11-13H2,(H,19,23)/t14-/m0/s1. The first-order chi connectivity index (χ1) is 11.3. The number of hydrogen-bond donors (Lipinski definition) is 1. The normalized spacial score (nSPS) is 17.7. The van der Waals surface area contributed by atoms with E-state index in [9.17, 15) is 4.79 Å². The van der Waals surface area contributed by atoms with Crippen LogP contribution in [0.3, 0.4) is 0 Å². The predicted octanol–water partition coefficient (Wildman–Crippen LogP) is 1.45. The third-order valence-electron chi connectivity index (χ3n) is 4.03. The van der Waals surface area contributed by atoms with Gasteiger partial charge in [0.15, 0.2) is 0 Å². The zero-order chi connectivity index (χ0) is 15.9. The zero-order valence-electron chi connectivity index (χ0n) is 13.1. The van der Waals surface area contributed by atoms with E-state index in [4.69, 9.17) is 0 Å². The van der Waals surface area contributed by atoms with E-state index < -0.39 is 0 Å². The van der Waals surface area contributed by atoms with E-state index in [0.29, 0.717) is 19.0 Å². The van der Waals surface area contributed by atoms with Crippen molar-refractivity contribution in [3.63, 3.8) is 0 Å². The van der Waals surface area contributed by atoms with Gasteiger partial charge in [0, 0.05) is 50.3 Å². The molecule has 0 saturated carbocycles. The quantitative estimate of drug-likeness (QED) is 0.905. The topological polar surface area (TPSA) is 71.0 Å². The molecule has 0 unspecified atom stereocenters. The summed E-state index contributed by atoms with van der Waals surface area (Å²) in [6.07, 6.45) is 7.90. The Morgan fingerprint density at radius 2 is 2.00 bits per heavy atom. The Hall–Kier alpha value is -2.50. The van der Waals surface area contributed by atoms with E-state index >= 15 is 0 Å². The molecule has 2 aromatic rings. The van der Waals surface area contributed by atoms with Crippen LogP contribution in [-0.2, 0) is 11.2 Å². The monoisotopic (exact) mass is 311 g/mol. The highest BCUT2D eigenvalue weighted by Gasteiger charge is 2.26. The van der Waals surface area contributed by atoms with Crippen molar-refractivity contribution in [2.45, 2.75) is 19.3 Å². The van der Waals surface area contributed by atoms with E-state index in [0.717, 1.165) is 31.5 Å². The lowest BCUT2D eigenvalue weighted by Gasteiger charge is -2.31. The number of piperidine rings is 1. The maximum absolute atomic E-state index is 12.4. The number of rotatable bonds is 5. The van der Waals surface area contributed by atoms with Gasteiger partial charge in [-0.1, -0.05) is 6.07 Å². The summed E-state index contributed by atoms with van der Waals surface area (Å²) in [6, 6.07) is 7.63. The van der Waals surface area contributed by atoms with Crippen molar-refractivity contribution >= 4 is 11.9 Å². The van der Waals surface area contributed by atoms with Gasteiger partial charge < -0.3 is 10.2 Å². The molecule has 120 valence electrons. The fourth-order valence-electron chi connectivity index (χ4n) is 2.83. The van der Waals surface area contributed by atoms with Gasteiger partial charge in [-0.2, -0.15) is 0 Å². The summed E-state index contributed by atoms with van der Waals surface area (Å²) in [7, 11) is 0. The van der Waals surface area contributed by atoms with Crippen LogP contribution < -0.4 is 10.2 Å². The molecule has 3 heterocycles. The second-order valence-electron chi connectivity index (χ2n) is 5.70. The van der Waals surface area contributed by atoms with E-state index in [1.165, 1.54) is 0 Å². The smallest absolute Gasteiger partial charge is 0.225 e. The summed E-state index contributed by atoms with van der Waals surface area (Å²) in [5.41, 5.74) is 0.996. The summed E-state index contributed by atoms with van der Waals surface area (Å²) in [4.78, 5) is 27.3. The Balaban J connectivity index is 1.49. The summed E-state index contributed by atoms with van der Waals surface area (Å²) in [5.74, 6) is 0.816. The number of nitrogens with zero attached hydrogens (tertiary/aromatic N) is 4. The summed E-state index contributed by atoms with van der Waals surface area (Å²) in [6.45, 7) is 2.20. The van der Waals surface area contributed by atoms with Crippen LogP contribution >= 0.6 is 0 Å². The van der Waals surface area contributed by atoms with Crippen LogP contribution in [0.15, 0.2) is 42.9 Å². The van der Waals surface area contributed by atoms with Crippen LogP contribution in [-0.4, -0.2) is 40.5 Å². The van der Waals surface area contributed by atoms with Gasteiger partial charge in [-0.15, -0.1) is 0 Å². The third-order valence-corrected chi connectivity index (χ3v) is 4.03. The molecule has 6 nitrogen and oxygen atoms in total. The highest BCUT2D eigenvalue weighted by Crippen LogP contribution is 2.19. The maximum atomic E-state index is 12.4. The van der Waals surface area contributed by atoms with E-state index in [1.807, 2.05) is 18.2 Å². The van der Waals surface area contributed by atoms with Gasteiger partial charge in [0.05, 0.1) is 5.92 Å². The van der Waals surface area contributed by atoms with Crippen molar-refractivity contribution in [3.8, 4) is 0 Å². The number of hydrogen-bond acceptors (Lipinski definition) is 5. The van der Waals surface area contributed by atoms with Gasteiger partial charge in [-0.3, -0.25) is 9.78 Å². The van der Waals surface area contributed by atoms with Crippen molar-refractivity contribution in [1.29, 1.82) is 0 Å². The molecule has 1 saturated heterocycles. The molecular formula is C17H21N5O. The molecule has 1 N–H and O–H groups in total. The van der Waals surface area contributed by atoms with Gasteiger partial charge in [0.1, 0.15) is 0 Å². The minimum Gasteiger partial charge on any atom is -0.355 e. The van der Waals surface area contributed by atoms with E-state index in [1.54, 1.807) is 24.7 Å². The second-order valence-corrected chi connectivity index (χ2v) is 5.70. The Morgan fingerprint density at radius 1 is 1.17 bits per heavy atom. The highest BCUT2D eigenvalue weighted by molar-refractivity contribution is 5.79. The fourth-order valence-corrected chi connectivity index (χ4v) is 2.83. The van der Waals surface area contributed by atoms with Gasteiger partial charge in [0.25, 0.3) is 0 Å². The number of nitrogens with one attached hydrogen (secondary N) is 1. The number of amides is 1. The molecular weight excluding hydrogens is 290 g/mol. The number of anilines is 1. The molecule has 0 spiro atoms. The summed E-state index contributed by atoms with van der Waals surface area (Å²) in [5, 5.41) is 3.03. The molecule has 1 amide bonds. The van der Waals surface area contributed by atoms with E-state index in [-0.39, 0.29) is 11.8 Å². The SMILES string of the molecule is O=C(NCCc1ccccn1)[C@H]1CCCN(c2ncccn2)C1. The molecule has 0 bridgehead atoms. The largest absolute Gasteiger partial charge is 0.355 e. The van der Waals surface area contributed by atoms with Gasteiger partial charge >= 0.3 is 0 Å². The molecule has 1 fully saturated rings. The average molecular weight is 311 g/mol. The van der Waals surface area contributed by atoms with Gasteiger partial charge in [-0.05, 0) is 31.0 Å². The molecule has 1 aliphatic rings. The first kappa shape index (κ1) is 15.4. The first-order valence-electron chi connectivity index (χ1n) is 8.02. The Bertz CT molecular complexity index is 619. The zero-order valence-corrected chi connectivity index (χ0v) is 13.1. The molecule has 0 aliphatic carbocycles. The van der Waals surface area contributed by atoms with Crippen LogP contribution in [0.2, 0.25) is 0 Å². The van der Waals surface area contributed by atoms with E-state index in [2.05, 4.69) is 25.2 Å². The Morgan fingerprint density at radius 3 is 2.78 bits per heavy atom. The average Bonchev–Trinajstić information content (AvgIpc) is 2.63. The number of pyridine rings is 1. The van der Waals surface area contributed by atoms with Crippen LogP contribution in [0.4, 0.5) is 5.95 Å². The molecule has 1 aliphatic heterocycles. The lowest BCUT2D eigenvalue weighted by molar-refractivity contribution is -0.125. The third kappa shape index (κ3) is 4.25. The van der Waals surface area contributed by atoms with Crippen molar-refractivity contribution in [1.82, 2.24) is 20.3 Å². The minimum absolute atomic E-state index is 0.00344. The molecule has 0 aromatic carbocycles. The predicted molar refractivity (Wildman–Crippen MR) is 87.9 cm³/mol. The van der Waals surface area contributed by atoms with Gasteiger partial charge in [-0.25, -0.2) is 9.97 Å². The van der Waals surface area contributed by atoms with Crippen molar-refractivity contribution in [2.24, 2.45) is 5.92 Å². The molecule has 6 heteroatoms. The molecule has 0 radical (unpaired) electrons. The number of aromatic nitrogens is 3. The van der Waals surface area contributed by atoms with Crippen molar-refractivity contribution in [3.05, 3.63) is 48.5 Å². The number of carbonyl (C=O) groups is 1. The lowest BCUT2D eigenvalue weighted by atomic mass is 9.97. The molecule has 1 atom stereocenters. The second kappa shape index (κ2) is 7.67. The summed E-state index contributed by atoms with van der Waals surface area (Å²) < 4.78 is 0. The maximum Gasteiger partial charge on any atom is 0.225 e. The van der Waals surface area contributed by atoms with Crippen LogP contribution in [0, 0.1) is 5.92 Å². The minimum atomic E-state index is -0.00344. The summed E-state index contributed by atoms with van der Waals surface area (Å²) >= 11 is 0.